The minimum atomic E-state index is -0.135. The van der Waals surface area contributed by atoms with Gasteiger partial charge in [-0.15, -0.1) is 10.2 Å². The minimum absolute atomic E-state index is 0.135. The molecule has 0 aliphatic heterocycles. The molecule has 0 unspecified atom stereocenters. The highest BCUT2D eigenvalue weighted by atomic mass is 32.2. The summed E-state index contributed by atoms with van der Waals surface area (Å²) in [7, 11) is 0. The predicted molar refractivity (Wildman–Crippen MR) is 128 cm³/mol. The number of rotatable bonds is 8. The standard InChI is InChI=1S/C23H25N7OS/c1-3-15(2)16-9-11-18(12-10-16)25-21(31)14-32-23-29-28-22(30(23)24)20-13-19(26-27-20)17-7-5-4-6-8-17/h4-13,15H,3,14,24H2,1-2H3,(H,25,31)(H,26,27)/t15-/m0/s1. The quantitative estimate of drug-likeness (QED) is 0.274. The van der Waals surface area contributed by atoms with E-state index in [9.17, 15) is 4.79 Å². The number of anilines is 1. The van der Waals surface area contributed by atoms with Crippen LogP contribution in [0, 0.1) is 0 Å². The van der Waals surface area contributed by atoms with Gasteiger partial charge in [0, 0.05) is 11.3 Å². The molecule has 0 radical (unpaired) electrons. The average molecular weight is 448 g/mol. The number of amides is 1. The van der Waals surface area contributed by atoms with Crippen LogP contribution in [0.5, 0.6) is 0 Å². The van der Waals surface area contributed by atoms with Crippen LogP contribution in [0.1, 0.15) is 31.7 Å². The molecule has 0 bridgehead atoms. The molecule has 8 nitrogen and oxygen atoms in total. The lowest BCUT2D eigenvalue weighted by Crippen LogP contribution is -2.16. The monoisotopic (exact) mass is 447 g/mol. The average Bonchev–Trinajstić information content (AvgIpc) is 3.45. The van der Waals surface area contributed by atoms with Crippen LogP contribution in [0.3, 0.4) is 0 Å². The van der Waals surface area contributed by atoms with Crippen molar-refractivity contribution in [2.24, 2.45) is 0 Å². The Morgan fingerprint density at radius 1 is 1.16 bits per heavy atom. The third-order valence-electron chi connectivity index (χ3n) is 5.26. The highest BCUT2D eigenvalue weighted by Crippen LogP contribution is 2.25. The van der Waals surface area contributed by atoms with Crippen molar-refractivity contribution in [2.75, 3.05) is 16.9 Å². The van der Waals surface area contributed by atoms with E-state index in [4.69, 9.17) is 5.84 Å². The molecule has 164 valence electrons. The second-order valence-corrected chi connectivity index (χ2v) is 8.42. The molecule has 0 fully saturated rings. The fraction of sp³-hybridized carbons (Fsp3) is 0.217. The number of aromatic nitrogens is 5. The smallest absolute Gasteiger partial charge is 0.234 e. The summed E-state index contributed by atoms with van der Waals surface area (Å²) in [5.41, 5.74) is 4.45. The van der Waals surface area contributed by atoms with Crippen LogP contribution in [-0.4, -0.2) is 36.7 Å². The van der Waals surface area contributed by atoms with Gasteiger partial charge >= 0.3 is 0 Å². The summed E-state index contributed by atoms with van der Waals surface area (Å²) in [6, 6.07) is 19.6. The van der Waals surface area contributed by atoms with Crippen molar-refractivity contribution in [3.63, 3.8) is 0 Å². The van der Waals surface area contributed by atoms with E-state index >= 15 is 0 Å². The van der Waals surface area contributed by atoms with Crippen molar-refractivity contribution in [2.45, 2.75) is 31.3 Å². The maximum atomic E-state index is 12.4. The molecule has 0 aliphatic rings. The van der Waals surface area contributed by atoms with Gasteiger partial charge in [-0.1, -0.05) is 68.1 Å². The summed E-state index contributed by atoms with van der Waals surface area (Å²) >= 11 is 1.22. The highest BCUT2D eigenvalue weighted by molar-refractivity contribution is 7.99. The van der Waals surface area contributed by atoms with Gasteiger partial charge < -0.3 is 11.2 Å². The SMILES string of the molecule is CC[C@H](C)c1ccc(NC(=O)CSc2nnc(-c3cc(-c4ccccc4)n[nH]3)n2N)cc1. The number of nitrogens with zero attached hydrogens (tertiary/aromatic N) is 4. The Morgan fingerprint density at radius 3 is 2.62 bits per heavy atom. The number of hydrogen-bond acceptors (Lipinski definition) is 6. The fourth-order valence-corrected chi connectivity index (χ4v) is 3.87. The van der Waals surface area contributed by atoms with E-state index in [0.29, 0.717) is 22.6 Å². The zero-order valence-electron chi connectivity index (χ0n) is 17.9. The van der Waals surface area contributed by atoms with Gasteiger partial charge in [0.15, 0.2) is 0 Å². The predicted octanol–water partition coefficient (Wildman–Crippen LogP) is 4.29. The number of benzene rings is 2. The summed E-state index contributed by atoms with van der Waals surface area (Å²) in [5.74, 6) is 7.15. The van der Waals surface area contributed by atoms with Crippen molar-refractivity contribution in [3.05, 3.63) is 66.2 Å². The number of nitrogens with two attached hydrogens (primary N) is 1. The Hall–Kier alpha value is -3.59. The molecule has 32 heavy (non-hydrogen) atoms. The van der Waals surface area contributed by atoms with Crippen LogP contribution in [0.25, 0.3) is 22.8 Å². The second kappa shape index (κ2) is 9.69. The number of H-pyrrole nitrogens is 1. The van der Waals surface area contributed by atoms with Gasteiger partial charge in [-0.3, -0.25) is 9.89 Å². The van der Waals surface area contributed by atoms with E-state index in [1.165, 1.54) is 22.0 Å². The number of carbonyl (C=O) groups excluding carboxylic acids is 1. The zero-order valence-corrected chi connectivity index (χ0v) is 18.8. The van der Waals surface area contributed by atoms with Crippen LogP contribution < -0.4 is 11.2 Å². The number of carbonyl (C=O) groups is 1. The third kappa shape index (κ3) is 4.83. The van der Waals surface area contributed by atoms with Gasteiger partial charge in [-0.2, -0.15) is 5.10 Å². The Balaban J connectivity index is 1.37. The molecule has 4 N–H and O–H groups in total. The zero-order chi connectivity index (χ0) is 22.5. The lowest BCUT2D eigenvalue weighted by Gasteiger charge is -2.10. The summed E-state index contributed by atoms with van der Waals surface area (Å²) in [6.45, 7) is 4.35. The maximum Gasteiger partial charge on any atom is 0.234 e. The molecular weight excluding hydrogens is 422 g/mol. The molecule has 2 aromatic heterocycles. The summed E-state index contributed by atoms with van der Waals surface area (Å²) in [5, 5.41) is 18.9. The number of nitrogens with one attached hydrogen (secondary N) is 2. The Morgan fingerprint density at radius 2 is 1.91 bits per heavy atom. The first-order valence-electron chi connectivity index (χ1n) is 10.4. The van der Waals surface area contributed by atoms with Crippen molar-refractivity contribution in [1.29, 1.82) is 0 Å². The number of hydrogen-bond donors (Lipinski definition) is 3. The van der Waals surface area contributed by atoms with Gasteiger partial charge in [-0.05, 0) is 36.1 Å². The van der Waals surface area contributed by atoms with E-state index in [2.05, 4.69) is 39.6 Å². The largest absolute Gasteiger partial charge is 0.335 e. The second-order valence-electron chi connectivity index (χ2n) is 7.48. The van der Waals surface area contributed by atoms with Gasteiger partial charge in [-0.25, -0.2) is 4.68 Å². The maximum absolute atomic E-state index is 12.4. The minimum Gasteiger partial charge on any atom is -0.335 e. The van der Waals surface area contributed by atoms with Gasteiger partial charge in [0.25, 0.3) is 0 Å². The highest BCUT2D eigenvalue weighted by Gasteiger charge is 2.16. The van der Waals surface area contributed by atoms with Crippen LogP contribution in [-0.2, 0) is 4.79 Å². The fourth-order valence-electron chi connectivity index (χ4n) is 3.21. The molecule has 1 atom stereocenters. The van der Waals surface area contributed by atoms with Gasteiger partial charge in [0.2, 0.25) is 16.9 Å². The van der Waals surface area contributed by atoms with Crippen molar-refractivity contribution >= 4 is 23.4 Å². The Labute approximate surface area is 190 Å². The van der Waals surface area contributed by atoms with E-state index in [1.54, 1.807) is 0 Å². The van der Waals surface area contributed by atoms with Crippen molar-refractivity contribution in [1.82, 2.24) is 25.1 Å². The summed E-state index contributed by atoms with van der Waals surface area (Å²) in [6.07, 6.45) is 1.08. The van der Waals surface area contributed by atoms with E-state index < -0.39 is 0 Å². The van der Waals surface area contributed by atoms with Crippen LogP contribution in [0.15, 0.2) is 65.8 Å². The molecule has 0 saturated carbocycles. The molecule has 2 aromatic carbocycles. The van der Waals surface area contributed by atoms with E-state index in [-0.39, 0.29) is 11.7 Å². The van der Waals surface area contributed by atoms with Gasteiger partial charge in [0.1, 0.15) is 5.69 Å². The normalized spacial score (nSPS) is 11.9. The van der Waals surface area contributed by atoms with E-state index in [0.717, 1.165) is 23.4 Å². The van der Waals surface area contributed by atoms with Crippen molar-refractivity contribution in [3.8, 4) is 22.8 Å². The first-order valence-corrected chi connectivity index (χ1v) is 11.4. The molecule has 1 amide bonds. The molecule has 9 heteroatoms. The molecular formula is C23H25N7OS. The first kappa shape index (κ1) is 21.6. The first-order chi connectivity index (χ1) is 15.5. The number of nitrogen functional groups attached to an aromatic ring is 1. The summed E-state index contributed by atoms with van der Waals surface area (Å²) < 4.78 is 1.36. The van der Waals surface area contributed by atoms with Gasteiger partial charge in [0.05, 0.1) is 11.4 Å². The topological polar surface area (TPSA) is 115 Å². The van der Waals surface area contributed by atoms with Crippen LogP contribution >= 0.6 is 11.8 Å². The molecule has 0 saturated heterocycles. The Bertz CT molecular complexity index is 1180. The lowest BCUT2D eigenvalue weighted by molar-refractivity contribution is -0.113. The molecule has 2 heterocycles. The lowest BCUT2D eigenvalue weighted by atomic mass is 9.99. The number of aromatic amines is 1. The van der Waals surface area contributed by atoms with Crippen molar-refractivity contribution < 1.29 is 4.79 Å². The van der Waals surface area contributed by atoms with Crippen LogP contribution in [0.4, 0.5) is 5.69 Å². The molecule has 0 aliphatic carbocycles. The molecule has 0 spiro atoms. The number of thioether (sulfide) groups is 1. The molecule has 4 rings (SSSR count). The third-order valence-corrected chi connectivity index (χ3v) is 6.20. The molecule has 4 aromatic rings. The van der Waals surface area contributed by atoms with Crippen LogP contribution in [0.2, 0.25) is 0 Å². The van der Waals surface area contributed by atoms with E-state index in [1.807, 2.05) is 60.7 Å². The summed E-state index contributed by atoms with van der Waals surface area (Å²) in [4.78, 5) is 12.4. The Kier molecular flexibility index (Phi) is 6.55.